The minimum atomic E-state index is -1.87. The molecule has 0 saturated carbocycles. The predicted molar refractivity (Wildman–Crippen MR) is 49.3 cm³/mol. The van der Waals surface area contributed by atoms with Crippen LogP contribution >= 0.6 is 34.8 Å². The SMILES string of the molecule is CCCC(=O)N[C@@H](O)C(Cl)(Cl)Cl. The summed E-state index contributed by atoms with van der Waals surface area (Å²) >= 11 is 15.9. The summed E-state index contributed by atoms with van der Waals surface area (Å²) in [6.45, 7) is 1.83. The summed E-state index contributed by atoms with van der Waals surface area (Å²) in [6, 6.07) is 0. The number of alkyl halides is 3. The molecule has 0 saturated heterocycles. The number of aliphatic hydroxyl groups excluding tert-OH is 1. The van der Waals surface area contributed by atoms with E-state index in [1.54, 1.807) is 0 Å². The predicted octanol–water partition coefficient (Wildman–Crippen LogP) is 1.59. The summed E-state index contributed by atoms with van der Waals surface area (Å²) in [5.41, 5.74) is 0. The first-order valence-electron chi connectivity index (χ1n) is 3.42. The van der Waals surface area contributed by atoms with E-state index in [0.717, 1.165) is 0 Å². The number of nitrogens with one attached hydrogen (secondary N) is 1. The van der Waals surface area contributed by atoms with Gasteiger partial charge in [0.1, 0.15) is 0 Å². The molecule has 6 heteroatoms. The summed E-state index contributed by atoms with van der Waals surface area (Å²) in [7, 11) is 0. The quantitative estimate of drug-likeness (QED) is 0.575. The Balaban J connectivity index is 3.84. The van der Waals surface area contributed by atoms with E-state index >= 15 is 0 Å². The molecule has 0 aromatic carbocycles. The molecule has 0 rings (SSSR count). The lowest BCUT2D eigenvalue weighted by Gasteiger charge is -2.19. The Morgan fingerprint density at radius 3 is 2.42 bits per heavy atom. The molecule has 0 spiro atoms. The van der Waals surface area contributed by atoms with Crippen LogP contribution in [0.4, 0.5) is 0 Å². The zero-order valence-corrected chi connectivity index (χ0v) is 8.75. The molecule has 0 radical (unpaired) electrons. The van der Waals surface area contributed by atoms with Crippen LogP contribution in [0.15, 0.2) is 0 Å². The van der Waals surface area contributed by atoms with Crippen LogP contribution in [0.1, 0.15) is 19.8 Å². The van der Waals surface area contributed by atoms with Gasteiger partial charge in [0.2, 0.25) is 9.70 Å². The highest BCUT2D eigenvalue weighted by Crippen LogP contribution is 2.28. The van der Waals surface area contributed by atoms with E-state index in [1.807, 2.05) is 6.92 Å². The van der Waals surface area contributed by atoms with Crippen molar-refractivity contribution >= 4 is 40.7 Å². The Morgan fingerprint density at radius 1 is 1.58 bits per heavy atom. The molecule has 0 heterocycles. The lowest BCUT2D eigenvalue weighted by Crippen LogP contribution is -2.43. The molecule has 1 atom stereocenters. The zero-order chi connectivity index (χ0) is 9.78. The van der Waals surface area contributed by atoms with Gasteiger partial charge in [-0.1, -0.05) is 41.7 Å². The van der Waals surface area contributed by atoms with Crippen molar-refractivity contribution in [2.75, 3.05) is 0 Å². The van der Waals surface area contributed by atoms with Crippen LogP contribution < -0.4 is 5.32 Å². The van der Waals surface area contributed by atoms with Crippen molar-refractivity contribution < 1.29 is 9.90 Å². The molecular formula is C6H10Cl3NO2. The number of carbonyl (C=O) groups excluding carboxylic acids is 1. The van der Waals surface area contributed by atoms with Gasteiger partial charge in [0.05, 0.1) is 0 Å². The summed E-state index contributed by atoms with van der Waals surface area (Å²) in [5, 5.41) is 11.2. The van der Waals surface area contributed by atoms with Gasteiger partial charge in [0.15, 0.2) is 6.23 Å². The minimum absolute atomic E-state index is 0.303. The Kier molecular flexibility index (Phi) is 5.25. The van der Waals surface area contributed by atoms with Gasteiger partial charge in [-0.3, -0.25) is 4.79 Å². The van der Waals surface area contributed by atoms with Crippen LogP contribution in [-0.4, -0.2) is 21.0 Å². The van der Waals surface area contributed by atoms with E-state index in [2.05, 4.69) is 5.32 Å². The third-order valence-corrected chi connectivity index (χ3v) is 1.70. The van der Waals surface area contributed by atoms with Crippen LogP contribution in [0.25, 0.3) is 0 Å². The maximum atomic E-state index is 10.9. The molecule has 0 aromatic heterocycles. The zero-order valence-electron chi connectivity index (χ0n) is 6.48. The van der Waals surface area contributed by atoms with E-state index in [9.17, 15) is 4.79 Å². The van der Waals surface area contributed by atoms with Crippen molar-refractivity contribution in [3.8, 4) is 0 Å². The highest BCUT2D eigenvalue weighted by molar-refractivity contribution is 6.68. The van der Waals surface area contributed by atoms with E-state index < -0.39 is 10.0 Å². The summed E-state index contributed by atoms with van der Waals surface area (Å²) in [5.74, 6) is -0.337. The van der Waals surface area contributed by atoms with Crippen LogP contribution in [0.3, 0.4) is 0 Å². The molecule has 72 valence electrons. The molecule has 0 aliphatic heterocycles. The number of aliphatic hydroxyl groups is 1. The van der Waals surface area contributed by atoms with Crippen molar-refractivity contribution in [2.45, 2.75) is 29.8 Å². The van der Waals surface area contributed by atoms with Crippen molar-refractivity contribution in [3.63, 3.8) is 0 Å². The highest BCUT2D eigenvalue weighted by atomic mass is 35.6. The third kappa shape index (κ3) is 5.04. The second-order valence-corrected chi connectivity index (χ2v) is 4.63. The molecule has 2 N–H and O–H groups in total. The summed E-state index contributed by atoms with van der Waals surface area (Å²) in [6.07, 6.45) is -0.475. The molecule has 0 aliphatic rings. The van der Waals surface area contributed by atoms with Crippen molar-refractivity contribution in [2.24, 2.45) is 0 Å². The normalized spacial score (nSPS) is 14.1. The number of hydrogen-bond donors (Lipinski definition) is 2. The van der Waals surface area contributed by atoms with Gasteiger partial charge in [0.25, 0.3) is 0 Å². The molecule has 0 bridgehead atoms. The van der Waals surface area contributed by atoms with Gasteiger partial charge in [-0.05, 0) is 6.42 Å². The second-order valence-electron chi connectivity index (χ2n) is 2.26. The average Bonchev–Trinajstić information content (AvgIpc) is 1.85. The van der Waals surface area contributed by atoms with Gasteiger partial charge < -0.3 is 10.4 Å². The summed E-state index contributed by atoms with van der Waals surface area (Å²) in [4.78, 5) is 10.9. The Hall–Kier alpha value is 0.300. The van der Waals surface area contributed by atoms with Crippen LogP contribution in [-0.2, 0) is 4.79 Å². The van der Waals surface area contributed by atoms with Crippen molar-refractivity contribution in [1.29, 1.82) is 0 Å². The van der Waals surface area contributed by atoms with Crippen molar-refractivity contribution in [1.82, 2.24) is 5.32 Å². The Morgan fingerprint density at radius 2 is 2.08 bits per heavy atom. The molecule has 1 amide bonds. The number of carbonyl (C=O) groups is 1. The first-order chi connectivity index (χ1) is 5.38. The maximum Gasteiger partial charge on any atom is 0.234 e. The van der Waals surface area contributed by atoms with Crippen LogP contribution in [0, 0.1) is 0 Å². The van der Waals surface area contributed by atoms with Gasteiger partial charge in [-0.2, -0.15) is 0 Å². The molecule has 0 unspecified atom stereocenters. The maximum absolute atomic E-state index is 10.9. The number of rotatable bonds is 3. The molecule has 0 aromatic rings. The van der Waals surface area contributed by atoms with E-state index in [0.29, 0.717) is 12.8 Å². The van der Waals surface area contributed by atoms with E-state index in [1.165, 1.54) is 0 Å². The largest absolute Gasteiger partial charge is 0.369 e. The fourth-order valence-electron chi connectivity index (χ4n) is 0.534. The van der Waals surface area contributed by atoms with Crippen molar-refractivity contribution in [3.05, 3.63) is 0 Å². The lowest BCUT2D eigenvalue weighted by atomic mass is 10.3. The third-order valence-electron chi connectivity index (χ3n) is 1.08. The monoisotopic (exact) mass is 233 g/mol. The Bertz CT molecular complexity index is 157. The summed E-state index contributed by atoms with van der Waals surface area (Å²) < 4.78 is -1.87. The smallest absolute Gasteiger partial charge is 0.234 e. The highest BCUT2D eigenvalue weighted by Gasteiger charge is 2.31. The fraction of sp³-hybridized carbons (Fsp3) is 0.833. The average molecular weight is 235 g/mol. The standard InChI is InChI=1S/C6H10Cl3NO2/c1-2-3-4(11)10-5(12)6(7,8)9/h5,12H,2-3H2,1H3,(H,10,11)/t5-/m0/s1. The molecule has 3 nitrogen and oxygen atoms in total. The number of amides is 1. The first-order valence-corrected chi connectivity index (χ1v) is 4.55. The molecule has 0 aliphatic carbocycles. The van der Waals surface area contributed by atoms with E-state index in [4.69, 9.17) is 39.9 Å². The molecule has 12 heavy (non-hydrogen) atoms. The van der Waals surface area contributed by atoms with Crippen LogP contribution in [0.2, 0.25) is 0 Å². The number of hydrogen-bond acceptors (Lipinski definition) is 2. The topological polar surface area (TPSA) is 49.3 Å². The minimum Gasteiger partial charge on any atom is -0.369 e. The molecular weight excluding hydrogens is 224 g/mol. The Labute approximate surface area is 86.0 Å². The van der Waals surface area contributed by atoms with Gasteiger partial charge in [-0.25, -0.2) is 0 Å². The number of halogens is 3. The molecule has 0 fully saturated rings. The van der Waals surface area contributed by atoms with Gasteiger partial charge in [-0.15, -0.1) is 0 Å². The van der Waals surface area contributed by atoms with Gasteiger partial charge >= 0.3 is 0 Å². The fourth-order valence-corrected chi connectivity index (χ4v) is 0.697. The van der Waals surface area contributed by atoms with Gasteiger partial charge in [0, 0.05) is 6.42 Å². The van der Waals surface area contributed by atoms with Crippen LogP contribution in [0.5, 0.6) is 0 Å². The lowest BCUT2D eigenvalue weighted by molar-refractivity contribution is -0.124. The second kappa shape index (κ2) is 5.12. The van der Waals surface area contributed by atoms with E-state index in [-0.39, 0.29) is 5.91 Å². The first kappa shape index (κ1) is 12.3.